The highest BCUT2D eigenvalue weighted by molar-refractivity contribution is 9.10. The van der Waals surface area contributed by atoms with E-state index in [2.05, 4.69) is 31.2 Å². The van der Waals surface area contributed by atoms with Crippen LogP contribution in [0.4, 0.5) is 5.95 Å². The molecule has 2 heterocycles. The highest BCUT2D eigenvalue weighted by atomic mass is 79.9. The van der Waals surface area contributed by atoms with E-state index in [0.29, 0.717) is 11.9 Å². The van der Waals surface area contributed by atoms with Crippen molar-refractivity contribution in [2.75, 3.05) is 25.1 Å². The van der Waals surface area contributed by atoms with E-state index in [1.165, 1.54) is 0 Å². The molecule has 0 unspecified atom stereocenters. The maximum Gasteiger partial charge on any atom is 0.222 e. The molecule has 0 atom stereocenters. The van der Waals surface area contributed by atoms with Crippen molar-refractivity contribution in [3.63, 3.8) is 0 Å². The lowest BCUT2D eigenvalue weighted by molar-refractivity contribution is 0.0699. The lowest BCUT2D eigenvalue weighted by Crippen LogP contribution is -2.23. The lowest BCUT2D eigenvalue weighted by Gasteiger charge is -2.21. The Morgan fingerprint density at radius 3 is 2.67 bits per heavy atom. The molecular weight excluding hydrogens is 258 g/mol. The number of aromatic nitrogens is 2. The molecule has 0 bridgehead atoms. The van der Waals surface area contributed by atoms with E-state index in [9.17, 15) is 0 Å². The monoisotopic (exact) mass is 271 g/mol. The van der Waals surface area contributed by atoms with Gasteiger partial charge in [0.05, 0.1) is 4.47 Å². The first kappa shape index (κ1) is 10.8. The average molecular weight is 272 g/mol. The Labute approximate surface area is 97.6 Å². The van der Waals surface area contributed by atoms with Gasteiger partial charge in [0.25, 0.3) is 0 Å². The van der Waals surface area contributed by atoms with Gasteiger partial charge < -0.3 is 10.1 Å². The molecule has 4 nitrogen and oxygen atoms in total. The number of hydrogen-bond acceptors (Lipinski definition) is 4. The van der Waals surface area contributed by atoms with Crippen LogP contribution < -0.4 is 5.32 Å². The summed E-state index contributed by atoms with van der Waals surface area (Å²) >= 11 is 3.30. The van der Waals surface area contributed by atoms with Crippen molar-refractivity contribution in [2.24, 2.45) is 5.92 Å². The summed E-state index contributed by atoms with van der Waals surface area (Å²) in [5, 5.41) is 3.24. The number of rotatable bonds is 3. The fourth-order valence-corrected chi connectivity index (χ4v) is 1.79. The van der Waals surface area contributed by atoms with E-state index in [-0.39, 0.29) is 0 Å². The summed E-state index contributed by atoms with van der Waals surface area (Å²) in [7, 11) is 0. The lowest BCUT2D eigenvalue weighted by atomic mass is 10.0. The summed E-state index contributed by atoms with van der Waals surface area (Å²) in [5.41, 5.74) is 0. The van der Waals surface area contributed by atoms with Crippen LogP contribution in [0, 0.1) is 5.92 Å². The van der Waals surface area contributed by atoms with Crippen LogP contribution in [0.3, 0.4) is 0 Å². The van der Waals surface area contributed by atoms with Gasteiger partial charge in [-0.05, 0) is 34.7 Å². The van der Waals surface area contributed by atoms with E-state index in [1.54, 1.807) is 12.4 Å². The summed E-state index contributed by atoms with van der Waals surface area (Å²) in [4.78, 5) is 8.32. The second kappa shape index (κ2) is 5.42. The van der Waals surface area contributed by atoms with Crippen LogP contribution in [0.25, 0.3) is 0 Å². The Bertz CT molecular complexity index is 298. The molecule has 1 fully saturated rings. The van der Waals surface area contributed by atoms with Crippen molar-refractivity contribution in [1.29, 1.82) is 0 Å². The quantitative estimate of drug-likeness (QED) is 0.915. The SMILES string of the molecule is Brc1cnc(NCC2CCOCC2)nc1. The van der Waals surface area contributed by atoms with Crippen LogP contribution in [0.15, 0.2) is 16.9 Å². The first-order valence-corrected chi connectivity index (χ1v) is 5.93. The third-order valence-corrected chi connectivity index (χ3v) is 2.92. The largest absolute Gasteiger partial charge is 0.381 e. The van der Waals surface area contributed by atoms with Gasteiger partial charge in [-0.1, -0.05) is 0 Å². The Kier molecular flexibility index (Phi) is 3.91. The molecule has 1 aliphatic heterocycles. The van der Waals surface area contributed by atoms with Crippen LogP contribution in [0.2, 0.25) is 0 Å². The minimum atomic E-state index is 0.686. The second-order valence-electron chi connectivity index (χ2n) is 3.66. The highest BCUT2D eigenvalue weighted by Crippen LogP contribution is 2.15. The van der Waals surface area contributed by atoms with Gasteiger partial charge in [-0.3, -0.25) is 0 Å². The van der Waals surface area contributed by atoms with Crippen LogP contribution >= 0.6 is 15.9 Å². The molecule has 15 heavy (non-hydrogen) atoms. The molecule has 1 saturated heterocycles. The van der Waals surface area contributed by atoms with Gasteiger partial charge in [-0.15, -0.1) is 0 Å². The van der Waals surface area contributed by atoms with Gasteiger partial charge >= 0.3 is 0 Å². The Morgan fingerprint density at radius 1 is 1.33 bits per heavy atom. The topological polar surface area (TPSA) is 47.0 Å². The summed E-state index contributed by atoms with van der Waals surface area (Å²) < 4.78 is 6.20. The molecule has 1 aromatic rings. The number of anilines is 1. The summed E-state index contributed by atoms with van der Waals surface area (Å²) in [6.45, 7) is 2.70. The summed E-state index contributed by atoms with van der Waals surface area (Å²) in [5.74, 6) is 1.38. The maximum atomic E-state index is 5.30. The van der Waals surface area contributed by atoms with E-state index in [1.807, 2.05) is 0 Å². The smallest absolute Gasteiger partial charge is 0.222 e. The number of ether oxygens (including phenoxy) is 1. The summed E-state index contributed by atoms with van der Waals surface area (Å²) in [6.07, 6.45) is 5.76. The van der Waals surface area contributed by atoms with Gasteiger partial charge in [0, 0.05) is 32.2 Å². The van der Waals surface area contributed by atoms with Gasteiger partial charge in [0.15, 0.2) is 0 Å². The van der Waals surface area contributed by atoms with Crippen LogP contribution in [0.5, 0.6) is 0 Å². The first-order valence-electron chi connectivity index (χ1n) is 5.14. The minimum Gasteiger partial charge on any atom is -0.381 e. The molecule has 82 valence electrons. The normalized spacial score (nSPS) is 17.7. The van der Waals surface area contributed by atoms with E-state index in [0.717, 1.165) is 37.1 Å². The van der Waals surface area contributed by atoms with E-state index in [4.69, 9.17) is 4.74 Å². The van der Waals surface area contributed by atoms with Crippen LogP contribution in [-0.2, 0) is 4.74 Å². The second-order valence-corrected chi connectivity index (χ2v) is 4.58. The number of nitrogens with one attached hydrogen (secondary N) is 1. The molecule has 0 radical (unpaired) electrons. The standard InChI is InChI=1S/C10H14BrN3O/c11-9-6-13-10(14-7-9)12-5-8-1-3-15-4-2-8/h6-8H,1-5H2,(H,12,13,14). The third-order valence-electron chi connectivity index (χ3n) is 2.51. The molecule has 0 aliphatic carbocycles. The fourth-order valence-electron chi connectivity index (χ4n) is 1.59. The molecule has 0 spiro atoms. The van der Waals surface area contributed by atoms with Crippen LogP contribution in [0.1, 0.15) is 12.8 Å². The molecular formula is C10H14BrN3O. The maximum absolute atomic E-state index is 5.30. The van der Waals surface area contributed by atoms with Crippen molar-refractivity contribution in [1.82, 2.24) is 9.97 Å². The van der Waals surface area contributed by atoms with Crippen molar-refractivity contribution in [3.8, 4) is 0 Å². The molecule has 2 rings (SSSR count). The Morgan fingerprint density at radius 2 is 2.00 bits per heavy atom. The highest BCUT2D eigenvalue weighted by Gasteiger charge is 2.13. The average Bonchev–Trinajstić information content (AvgIpc) is 2.30. The molecule has 0 saturated carbocycles. The number of halogens is 1. The zero-order valence-electron chi connectivity index (χ0n) is 8.45. The van der Waals surface area contributed by atoms with Crippen molar-refractivity contribution >= 4 is 21.9 Å². The van der Waals surface area contributed by atoms with Gasteiger partial charge in [-0.25, -0.2) is 9.97 Å². The Balaban J connectivity index is 1.79. The molecule has 5 heteroatoms. The summed E-state index contributed by atoms with van der Waals surface area (Å²) in [6, 6.07) is 0. The molecule has 1 aliphatic rings. The Hall–Kier alpha value is -0.680. The van der Waals surface area contributed by atoms with Crippen molar-refractivity contribution in [2.45, 2.75) is 12.8 Å². The van der Waals surface area contributed by atoms with Crippen molar-refractivity contribution < 1.29 is 4.74 Å². The van der Waals surface area contributed by atoms with Gasteiger partial charge in [0.1, 0.15) is 0 Å². The predicted molar refractivity (Wildman–Crippen MR) is 61.8 cm³/mol. The zero-order valence-corrected chi connectivity index (χ0v) is 10.0. The van der Waals surface area contributed by atoms with Crippen molar-refractivity contribution in [3.05, 3.63) is 16.9 Å². The number of nitrogens with zero attached hydrogens (tertiary/aromatic N) is 2. The predicted octanol–water partition coefficient (Wildman–Crippen LogP) is 2.08. The van der Waals surface area contributed by atoms with Gasteiger partial charge in [-0.2, -0.15) is 0 Å². The molecule has 0 aromatic carbocycles. The molecule has 1 N–H and O–H groups in total. The molecule has 1 aromatic heterocycles. The van der Waals surface area contributed by atoms with E-state index < -0.39 is 0 Å². The first-order chi connectivity index (χ1) is 7.34. The van der Waals surface area contributed by atoms with E-state index >= 15 is 0 Å². The fraction of sp³-hybridized carbons (Fsp3) is 0.600. The minimum absolute atomic E-state index is 0.686. The van der Waals surface area contributed by atoms with Gasteiger partial charge in [0.2, 0.25) is 5.95 Å². The molecule has 0 amide bonds. The zero-order chi connectivity index (χ0) is 10.5. The van der Waals surface area contributed by atoms with Crippen LogP contribution in [-0.4, -0.2) is 29.7 Å². The third kappa shape index (κ3) is 3.43. The number of hydrogen-bond donors (Lipinski definition) is 1.